The standard InChI is InChI=1S/C16H22N2S/c1-16(7-8-17-11-16)12-18(2)9-13-10-19-15-6-4-3-5-14(13)15/h3-6,10,17H,7-9,11-12H2,1-2H3. The fraction of sp³-hybridized carbons (Fsp3) is 0.500. The first-order chi connectivity index (χ1) is 9.16. The van der Waals surface area contributed by atoms with Gasteiger partial charge in [0, 0.05) is 24.3 Å². The summed E-state index contributed by atoms with van der Waals surface area (Å²) in [6.45, 7) is 6.95. The minimum atomic E-state index is 0.445. The van der Waals surface area contributed by atoms with Gasteiger partial charge in [0.2, 0.25) is 0 Å². The van der Waals surface area contributed by atoms with Gasteiger partial charge in [-0.3, -0.25) is 0 Å². The van der Waals surface area contributed by atoms with E-state index in [1.807, 2.05) is 11.3 Å². The van der Waals surface area contributed by atoms with Crippen molar-refractivity contribution in [2.24, 2.45) is 5.41 Å². The summed E-state index contributed by atoms with van der Waals surface area (Å²) < 4.78 is 1.40. The summed E-state index contributed by atoms with van der Waals surface area (Å²) in [6.07, 6.45) is 1.29. The first kappa shape index (κ1) is 13.1. The molecule has 1 aromatic heterocycles. The van der Waals surface area contributed by atoms with E-state index in [0.717, 1.165) is 13.1 Å². The average Bonchev–Trinajstić information content (AvgIpc) is 2.97. The number of benzene rings is 1. The zero-order chi connectivity index (χ0) is 13.3. The summed E-state index contributed by atoms with van der Waals surface area (Å²) >= 11 is 1.86. The minimum absolute atomic E-state index is 0.445. The third kappa shape index (κ3) is 2.83. The molecule has 1 aromatic carbocycles. The normalized spacial score (nSPS) is 23.5. The van der Waals surface area contributed by atoms with Crippen LogP contribution in [0.3, 0.4) is 0 Å². The Labute approximate surface area is 119 Å². The van der Waals surface area contributed by atoms with Crippen molar-refractivity contribution in [3.8, 4) is 0 Å². The van der Waals surface area contributed by atoms with Gasteiger partial charge in [-0.1, -0.05) is 25.1 Å². The Hall–Kier alpha value is -0.900. The molecule has 0 aliphatic carbocycles. The Balaban J connectivity index is 1.70. The highest BCUT2D eigenvalue weighted by Crippen LogP contribution is 2.29. The molecule has 1 unspecified atom stereocenters. The SMILES string of the molecule is CN(Cc1csc2ccccc12)CC1(C)CCNC1. The average molecular weight is 274 g/mol. The largest absolute Gasteiger partial charge is 0.316 e. The van der Waals surface area contributed by atoms with E-state index in [-0.39, 0.29) is 0 Å². The predicted molar refractivity (Wildman–Crippen MR) is 83.8 cm³/mol. The van der Waals surface area contributed by atoms with Crippen LogP contribution in [0.15, 0.2) is 29.6 Å². The van der Waals surface area contributed by atoms with E-state index in [2.05, 4.69) is 53.8 Å². The van der Waals surface area contributed by atoms with Gasteiger partial charge < -0.3 is 10.2 Å². The van der Waals surface area contributed by atoms with Crippen LogP contribution in [0.5, 0.6) is 0 Å². The van der Waals surface area contributed by atoms with Crippen LogP contribution in [-0.4, -0.2) is 31.6 Å². The molecule has 1 aliphatic rings. The van der Waals surface area contributed by atoms with Gasteiger partial charge in [0.1, 0.15) is 0 Å². The summed E-state index contributed by atoms with van der Waals surface area (Å²) in [7, 11) is 2.25. The van der Waals surface area contributed by atoms with Crippen LogP contribution >= 0.6 is 11.3 Å². The van der Waals surface area contributed by atoms with Crippen LogP contribution in [0.4, 0.5) is 0 Å². The van der Waals surface area contributed by atoms with Gasteiger partial charge in [0.25, 0.3) is 0 Å². The molecule has 102 valence electrons. The third-order valence-electron chi connectivity index (χ3n) is 4.11. The number of thiophene rings is 1. The fourth-order valence-electron chi connectivity index (χ4n) is 3.16. The molecule has 3 rings (SSSR count). The van der Waals surface area contributed by atoms with Crippen molar-refractivity contribution in [1.29, 1.82) is 0 Å². The van der Waals surface area contributed by atoms with Crippen molar-refractivity contribution in [2.45, 2.75) is 19.9 Å². The topological polar surface area (TPSA) is 15.3 Å². The molecule has 0 bridgehead atoms. The summed E-state index contributed by atoms with van der Waals surface area (Å²) in [5, 5.41) is 7.22. The number of nitrogens with one attached hydrogen (secondary N) is 1. The lowest BCUT2D eigenvalue weighted by molar-refractivity contribution is 0.204. The summed E-state index contributed by atoms with van der Waals surface area (Å²) in [5.41, 5.74) is 1.92. The second kappa shape index (κ2) is 5.23. The monoisotopic (exact) mass is 274 g/mol. The third-order valence-corrected chi connectivity index (χ3v) is 5.12. The summed E-state index contributed by atoms with van der Waals surface area (Å²) in [5.74, 6) is 0. The molecule has 1 fully saturated rings. The molecular weight excluding hydrogens is 252 g/mol. The second-order valence-electron chi connectivity index (χ2n) is 6.17. The maximum atomic E-state index is 3.48. The maximum absolute atomic E-state index is 3.48. The van der Waals surface area contributed by atoms with E-state index in [9.17, 15) is 0 Å². The Bertz CT molecular complexity index is 555. The highest BCUT2D eigenvalue weighted by molar-refractivity contribution is 7.17. The first-order valence-corrected chi connectivity index (χ1v) is 7.89. The van der Waals surface area contributed by atoms with E-state index in [1.165, 1.54) is 35.2 Å². The smallest absolute Gasteiger partial charge is 0.0346 e. The van der Waals surface area contributed by atoms with Gasteiger partial charge in [0.15, 0.2) is 0 Å². The van der Waals surface area contributed by atoms with E-state index >= 15 is 0 Å². The van der Waals surface area contributed by atoms with E-state index in [4.69, 9.17) is 0 Å². The first-order valence-electron chi connectivity index (χ1n) is 7.01. The molecule has 1 aliphatic heterocycles. The maximum Gasteiger partial charge on any atom is 0.0346 e. The zero-order valence-electron chi connectivity index (χ0n) is 11.8. The van der Waals surface area contributed by atoms with Crippen molar-refractivity contribution in [3.63, 3.8) is 0 Å². The lowest BCUT2D eigenvalue weighted by atomic mass is 9.89. The zero-order valence-corrected chi connectivity index (χ0v) is 12.6. The van der Waals surface area contributed by atoms with E-state index in [0.29, 0.717) is 5.41 Å². The number of rotatable bonds is 4. The van der Waals surface area contributed by atoms with Crippen molar-refractivity contribution in [3.05, 3.63) is 35.2 Å². The Kier molecular flexibility index (Phi) is 3.61. The number of hydrogen-bond donors (Lipinski definition) is 1. The lowest BCUT2D eigenvalue weighted by Gasteiger charge is -2.29. The van der Waals surface area contributed by atoms with Crippen molar-refractivity contribution >= 4 is 21.4 Å². The number of fused-ring (bicyclic) bond motifs is 1. The lowest BCUT2D eigenvalue weighted by Crippen LogP contribution is -2.34. The summed E-state index contributed by atoms with van der Waals surface area (Å²) in [6, 6.07) is 8.72. The van der Waals surface area contributed by atoms with Crippen molar-refractivity contribution < 1.29 is 0 Å². The second-order valence-corrected chi connectivity index (χ2v) is 7.08. The van der Waals surface area contributed by atoms with Crippen LogP contribution in [0.2, 0.25) is 0 Å². The highest BCUT2D eigenvalue weighted by Gasteiger charge is 2.29. The van der Waals surface area contributed by atoms with Crippen LogP contribution in [0, 0.1) is 5.41 Å². The molecule has 19 heavy (non-hydrogen) atoms. The molecule has 1 N–H and O–H groups in total. The minimum Gasteiger partial charge on any atom is -0.316 e. The Morgan fingerprint density at radius 3 is 3.00 bits per heavy atom. The van der Waals surface area contributed by atoms with Gasteiger partial charge in [0.05, 0.1) is 0 Å². The molecule has 0 radical (unpaired) electrons. The molecule has 0 saturated carbocycles. The summed E-state index contributed by atoms with van der Waals surface area (Å²) in [4.78, 5) is 2.47. The van der Waals surface area contributed by atoms with Crippen LogP contribution in [-0.2, 0) is 6.54 Å². The molecule has 2 heterocycles. The van der Waals surface area contributed by atoms with Gasteiger partial charge in [-0.2, -0.15) is 0 Å². The van der Waals surface area contributed by atoms with Crippen molar-refractivity contribution in [2.75, 3.05) is 26.7 Å². The molecule has 2 nitrogen and oxygen atoms in total. The molecule has 3 heteroatoms. The van der Waals surface area contributed by atoms with Gasteiger partial charge in [-0.05, 0) is 47.8 Å². The molecule has 0 spiro atoms. The fourth-order valence-corrected chi connectivity index (χ4v) is 4.11. The van der Waals surface area contributed by atoms with Crippen LogP contribution < -0.4 is 5.32 Å². The van der Waals surface area contributed by atoms with E-state index < -0.39 is 0 Å². The Morgan fingerprint density at radius 2 is 2.21 bits per heavy atom. The number of hydrogen-bond acceptors (Lipinski definition) is 3. The molecule has 1 atom stereocenters. The van der Waals surface area contributed by atoms with Crippen molar-refractivity contribution in [1.82, 2.24) is 10.2 Å². The van der Waals surface area contributed by atoms with Crippen LogP contribution in [0.1, 0.15) is 18.9 Å². The number of nitrogens with zero attached hydrogens (tertiary/aromatic N) is 1. The highest BCUT2D eigenvalue weighted by atomic mass is 32.1. The predicted octanol–water partition coefficient (Wildman–Crippen LogP) is 3.33. The van der Waals surface area contributed by atoms with Gasteiger partial charge >= 0.3 is 0 Å². The van der Waals surface area contributed by atoms with Gasteiger partial charge in [-0.15, -0.1) is 11.3 Å². The Morgan fingerprint density at radius 1 is 1.37 bits per heavy atom. The molecule has 1 saturated heterocycles. The molecular formula is C16H22N2S. The quantitative estimate of drug-likeness (QED) is 0.920. The van der Waals surface area contributed by atoms with Crippen LogP contribution in [0.25, 0.3) is 10.1 Å². The molecule has 2 aromatic rings. The molecule has 0 amide bonds. The van der Waals surface area contributed by atoms with Gasteiger partial charge in [-0.25, -0.2) is 0 Å². The van der Waals surface area contributed by atoms with E-state index in [1.54, 1.807) is 0 Å².